The fraction of sp³-hybridized carbons (Fsp3) is 0.0769. The summed E-state index contributed by atoms with van der Waals surface area (Å²) >= 11 is 1.51. The number of pyridine rings is 1. The van der Waals surface area contributed by atoms with Gasteiger partial charge in [-0.15, -0.1) is 11.3 Å². The molecule has 3 rings (SSSR count). The van der Waals surface area contributed by atoms with Crippen LogP contribution in [0.25, 0.3) is 22.0 Å². The molecule has 0 spiro atoms. The fourth-order valence-corrected chi connectivity index (χ4v) is 2.51. The normalized spacial score (nSPS) is 10.6. The summed E-state index contributed by atoms with van der Waals surface area (Å²) in [6, 6.07) is 5.74. The monoisotopic (exact) mass is 269 g/mol. The van der Waals surface area contributed by atoms with E-state index in [2.05, 4.69) is 19.9 Å². The van der Waals surface area contributed by atoms with Crippen molar-refractivity contribution in [3.8, 4) is 22.0 Å². The van der Waals surface area contributed by atoms with Gasteiger partial charge < -0.3 is 5.73 Å². The smallest absolute Gasteiger partial charge is 0.137 e. The van der Waals surface area contributed by atoms with E-state index in [9.17, 15) is 0 Å². The van der Waals surface area contributed by atoms with Crippen LogP contribution in [0.3, 0.4) is 0 Å². The molecule has 0 saturated carbocycles. The number of thiazole rings is 1. The molecule has 0 amide bonds. The van der Waals surface area contributed by atoms with Crippen molar-refractivity contribution in [3.63, 3.8) is 0 Å². The first-order chi connectivity index (χ1) is 9.24. The third-order valence-corrected chi connectivity index (χ3v) is 3.48. The van der Waals surface area contributed by atoms with E-state index in [4.69, 9.17) is 5.73 Å². The molecule has 2 N–H and O–H groups in total. The Morgan fingerprint density at radius 2 is 2.00 bits per heavy atom. The van der Waals surface area contributed by atoms with Crippen LogP contribution in [0.5, 0.6) is 0 Å². The van der Waals surface area contributed by atoms with Gasteiger partial charge in [0.1, 0.15) is 22.3 Å². The Kier molecular flexibility index (Phi) is 2.92. The van der Waals surface area contributed by atoms with Crippen molar-refractivity contribution in [2.45, 2.75) is 6.92 Å². The van der Waals surface area contributed by atoms with Gasteiger partial charge in [-0.05, 0) is 19.1 Å². The molecule has 0 aromatic carbocycles. The van der Waals surface area contributed by atoms with Crippen LogP contribution < -0.4 is 5.73 Å². The summed E-state index contributed by atoms with van der Waals surface area (Å²) < 4.78 is 0. The predicted octanol–water partition coefficient (Wildman–Crippen LogP) is 2.55. The van der Waals surface area contributed by atoms with Gasteiger partial charge in [0.05, 0.1) is 11.3 Å². The SMILES string of the molecule is Cc1ncc(-c2nc(-c3ccccn3)cs2)c(N)n1. The van der Waals surface area contributed by atoms with Crippen LogP contribution in [-0.2, 0) is 0 Å². The highest BCUT2D eigenvalue weighted by molar-refractivity contribution is 7.13. The highest BCUT2D eigenvalue weighted by atomic mass is 32.1. The molecule has 3 heterocycles. The van der Waals surface area contributed by atoms with Crippen molar-refractivity contribution < 1.29 is 0 Å². The first-order valence-corrected chi connectivity index (χ1v) is 6.58. The lowest BCUT2D eigenvalue weighted by Crippen LogP contribution is -1.98. The predicted molar refractivity (Wildman–Crippen MR) is 75.5 cm³/mol. The standard InChI is InChI=1S/C13H11N5S/c1-8-16-6-9(12(14)17-8)13-18-11(7-19-13)10-4-2-3-5-15-10/h2-7H,1H3,(H2,14,16,17). The molecule has 0 aliphatic heterocycles. The van der Waals surface area contributed by atoms with Gasteiger partial charge in [0.2, 0.25) is 0 Å². The van der Waals surface area contributed by atoms with Gasteiger partial charge in [0, 0.05) is 17.8 Å². The summed E-state index contributed by atoms with van der Waals surface area (Å²) in [5.41, 5.74) is 8.34. The lowest BCUT2D eigenvalue weighted by molar-refractivity contribution is 1.06. The third kappa shape index (κ3) is 2.30. The molecule has 0 aliphatic carbocycles. The van der Waals surface area contributed by atoms with Gasteiger partial charge in [-0.2, -0.15) is 0 Å². The van der Waals surface area contributed by atoms with E-state index >= 15 is 0 Å². The molecule has 0 unspecified atom stereocenters. The summed E-state index contributed by atoms with van der Waals surface area (Å²) in [7, 11) is 0. The summed E-state index contributed by atoms with van der Waals surface area (Å²) in [5, 5.41) is 2.76. The second kappa shape index (κ2) is 4.74. The number of nitrogens with two attached hydrogens (primary N) is 1. The molecule has 0 aliphatic rings. The molecule has 6 heteroatoms. The van der Waals surface area contributed by atoms with E-state index in [1.165, 1.54) is 11.3 Å². The molecule has 3 aromatic rings. The maximum Gasteiger partial charge on any atom is 0.137 e. The van der Waals surface area contributed by atoms with Gasteiger partial charge in [-0.25, -0.2) is 15.0 Å². The van der Waals surface area contributed by atoms with Gasteiger partial charge in [0.15, 0.2) is 0 Å². The Bertz CT molecular complexity index is 708. The van der Waals surface area contributed by atoms with Crippen LogP contribution >= 0.6 is 11.3 Å². The summed E-state index contributed by atoms with van der Waals surface area (Å²) in [6.07, 6.45) is 3.45. The number of rotatable bonds is 2. The van der Waals surface area contributed by atoms with E-state index in [-0.39, 0.29) is 0 Å². The molecular weight excluding hydrogens is 258 g/mol. The van der Waals surface area contributed by atoms with Crippen LogP contribution in [0.4, 0.5) is 5.82 Å². The zero-order valence-electron chi connectivity index (χ0n) is 10.2. The van der Waals surface area contributed by atoms with Gasteiger partial charge in [-0.1, -0.05) is 6.07 Å². The Hall–Kier alpha value is -2.34. The number of hydrogen-bond donors (Lipinski definition) is 1. The molecule has 0 fully saturated rings. The van der Waals surface area contributed by atoms with Crippen LogP contribution in [-0.4, -0.2) is 19.9 Å². The van der Waals surface area contributed by atoms with Crippen molar-refractivity contribution in [3.05, 3.63) is 41.8 Å². The number of nitrogens with zero attached hydrogens (tertiary/aromatic N) is 4. The average molecular weight is 269 g/mol. The first-order valence-electron chi connectivity index (χ1n) is 5.70. The minimum atomic E-state index is 0.453. The van der Waals surface area contributed by atoms with E-state index in [1.54, 1.807) is 19.3 Å². The molecule has 0 radical (unpaired) electrons. The summed E-state index contributed by atoms with van der Waals surface area (Å²) in [5.74, 6) is 1.11. The molecule has 0 atom stereocenters. The molecule has 94 valence electrons. The number of aryl methyl sites for hydroxylation is 1. The summed E-state index contributed by atoms with van der Waals surface area (Å²) in [4.78, 5) is 17.1. The Labute approximate surface area is 114 Å². The molecule has 3 aromatic heterocycles. The Morgan fingerprint density at radius 3 is 2.74 bits per heavy atom. The zero-order chi connectivity index (χ0) is 13.2. The van der Waals surface area contributed by atoms with Crippen LogP contribution in [0.1, 0.15) is 5.82 Å². The van der Waals surface area contributed by atoms with Crippen molar-refractivity contribution in [1.82, 2.24) is 19.9 Å². The second-order valence-corrected chi connectivity index (χ2v) is 4.83. The van der Waals surface area contributed by atoms with Crippen molar-refractivity contribution >= 4 is 17.2 Å². The van der Waals surface area contributed by atoms with E-state index in [0.29, 0.717) is 11.6 Å². The van der Waals surface area contributed by atoms with Gasteiger partial charge >= 0.3 is 0 Å². The number of anilines is 1. The van der Waals surface area contributed by atoms with Crippen molar-refractivity contribution in [2.75, 3.05) is 5.73 Å². The van der Waals surface area contributed by atoms with Gasteiger partial charge in [0.25, 0.3) is 0 Å². The largest absolute Gasteiger partial charge is 0.383 e. The summed E-state index contributed by atoms with van der Waals surface area (Å²) in [6.45, 7) is 1.81. The number of aromatic nitrogens is 4. The maximum absolute atomic E-state index is 5.90. The van der Waals surface area contributed by atoms with Crippen LogP contribution in [0.15, 0.2) is 36.0 Å². The topological polar surface area (TPSA) is 77.6 Å². The van der Waals surface area contributed by atoms with E-state index < -0.39 is 0 Å². The lowest BCUT2D eigenvalue weighted by atomic mass is 10.3. The zero-order valence-corrected chi connectivity index (χ0v) is 11.1. The molecular formula is C13H11N5S. The number of nitrogen functional groups attached to an aromatic ring is 1. The molecule has 5 nitrogen and oxygen atoms in total. The molecule has 0 saturated heterocycles. The van der Waals surface area contributed by atoms with Gasteiger partial charge in [-0.3, -0.25) is 4.98 Å². The van der Waals surface area contributed by atoms with Crippen molar-refractivity contribution in [1.29, 1.82) is 0 Å². The quantitative estimate of drug-likeness (QED) is 0.773. The molecule has 19 heavy (non-hydrogen) atoms. The minimum absolute atomic E-state index is 0.453. The minimum Gasteiger partial charge on any atom is -0.383 e. The molecule has 0 bridgehead atoms. The first kappa shape index (κ1) is 11.7. The van der Waals surface area contributed by atoms with Crippen LogP contribution in [0.2, 0.25) is 0 Å². The lowest BCUT2D eigenvalue weighted by Gasteiger charge is -2.01. The van der Waals surface area contributed by atoms with E-state index in [0.717, 1.165) is 22.0 Å². The Morgan fingerprint density at radius 1 is 1.11 bits per heavy atom. The van der Waals surface area contributed by atoms with Crippen molar-refractivity contribution in [2.24, 2.45) is 0 Å². The highest BCUT2D eigenvalue weighted by Gasteiger charge is 2.11. The average Bonchev–Trinajstić information content (AvgIpc) is 2.89. The second-order valence-electron chi connectivity index (χ2n) is 3.97. The van der Waals surface area contributed by atoms with Crippen LogP contribution in [0, 0.1) is 6.92 Å². The van der Waals surface area contributed by atoms with E-state index in [1.807, 2.05) is 23.6 Å². The fourth-order valence-electron chi connectivity index (χ4n) is 1.68. The maximum atomic E-state index is 5.90. The highest BCUT2D eigenvalue weighted by Crippen LogP contribution is 2.30. The number of hydrogen-bond acceptors (Lipinski definition) is 6. The Balaban J connectivity index is 2.02. The third-order valence-electron chi connectivity index (χ3n) is 2.60.